The van der Waals surface area contributed by atoms with E-state index in [1.165, 1.54) is 24.3 Å². The van der Waals surface area contributed by atoms with Gasteiger partial charge in [0.1, 0.15) is 11.6 Å². The lowest BCUT2D eigenvalue weighted by molar-refractivity contribution is 0.121. The summed E-state index contributed by atoms with van der Waals surface area (Å²) in [5.74, 6) is 0.148. The molecule has 0 radical (unpaired) electrons. The summed E-state index contributed by atoms with van der Waals surface area (Å²) in [4.78, 5) is 4.60. The van der Waals surface area contributed by atoms with Gasteiger partial charge in [0.05, 0.1) is 12.6 Å². The molecular weight excluding hydrogens is 362 g/mol. The molecule has 0 aliphatic carbocycles. The molecule has 8 heteroatoms. The van der Waals surface area contributed by atoms with E-state index in [2.05, 4.69) is 32.4 Å². The molecule has 0 bridgehead atoms. The number of hydrogen-bond acceptors (Lipinski definition) is 5. The molecule has 0 saturated carbocycles. The number of hydrogen-bond donors (Lipinski definition) is 0. The average Bonchev–Trinajstić information content (AvgIpc) is 3.14. The smallest absolute Gasteiger partial charge is 0.173 e. The molecular formula is C20H22F2N6. The van der Waals surface area contributed by atoms with Crippen LogP contribution < -0.4 is 0 Å². The van der Waals surface area contributed by atoms with Crippen LogP contribution in [0.3, 0.4) is 0 Å². The molecule has 1 unspecified atom stereocenters. The van der Waals surface area contributed by atoms with Gasteiger partial charge in [-0.1, -0.05) is 24.3 Å². The Bertz CT molecular complexity index is 901. The molecule has 2 aromatic carbocycles. The molecule has 1 aromatic heterocycles. The summed E-state index contributed by atoms with van der Waals surface area (Å²) in [7, 11) is 2.10. The monoisotopic (exact) mass is 384 g/mol. The highest BCUT2D eigenvalue weighted by molar-refractivity contribution is 5.26. The number of halogens is 2. The van der Waals surface area contributed by atoms with Crippen LogP contribution in [0.5, 0.6) is 0 Å². The summed E-state index contributed by atoms with van der Waals surface area (Å²) in [6.45, 7) is 4.05. The zero-order chi connectivity index (χ0) is 19.5. The van der Waals surface area contributed by atoms with E-state index in [1.807, 2.05) is 0 Å². The first-order valence-corrected chi connectivity index (χ1v) is 9.29. The molecule has 146 valence electrons. The van der Waals surface area contributed by atoms with Crippen molar-refractivity contribution in [1.29, 1.82) is 0 Å². The highest BCUT2D eigenvalue weighted by Gasteiger charge is 2.30. The van der Waals surface area contributed by atoms with E-state index in [0.717, 1.165) is 37.3 Å². The summed E-state index contributed by atoms with van der Waals surface area (Å²) >= 11 is 0. The van der Waals surface area contributed by atoms with Gasteiger partial charge >= 0.3 is 0 Å². The van der Waals surface area contributed by atoms with E-state index in [9.17, 15) is 8.78 Å². The van der Waals surface area contributed by atoms with E-state index < -0.39 is 0 Å². The number of likely N-dealkylation sites (N-methyl/N-ethyl adjacent to an activating group) is 1. The molecule has 1 aliphatic rings. The minimum Gasteiger partial charge on any atom is -0.304 e. The van der Waals surface area contributed by atoms with Gasteiger partial charge in [0.15, 0.2) is 5.82 Å². The van der Waals surface area contributed by atoms with E-state index in [-0.39, 0.29) is 17.7 Å². The summed E-state index contributed by atoms with van der Waals surface area (Å²) in [6, 6.07) is 12.6. The summed E-state index contributed by atoms with van der Waals surface area (Å²) in [5, 5.41) is 12.3. The van der Waals surface area contributed by atoms with Gasteiger partial charge in [0, 0.05) is 26.2 Å². The van der Waals surface area contributed by atoms with Crippen LogP contribution in [0.1, 0.15) is 23.0 Å². The van der Waals surface area contributed by atoms with Gasteiger partial charge in [0.25, 0.3) is 0 Å². The predicted octanol–water partition coefficient (Wildman–Crippen LogP) is 2.34. The largest absolute Gasteiger partial charge is 0.304 e. The van der Waals surface area contributed by atoms with E-state index in [1.54, 1.807) is 28.9 Å². The van der Waals surface area contributed by atoms with Crippen LogP contribution in [0.25, 0.3) is 0 Å². The Morgan fingerprint density at radius 2 is 1.50 bits per heavy atom. The van der Waals surface area contributed by atoms with Crippen LogP contribution in [0.4, 0.5) is 8.78 Å². The fourth-order valence-electron chi connectivity index (χ4n) is 3.53. The van der Waals surface area contributed by atoms with Crippen molar-refractivity contribution >= 4 is 0 Å². The number of nitrogens with zero attached hydrogens (tertiary/aromatic N) is 6. The average molecular weight is 384 g/mol. The van der Waals surface area contributed by atoms with Crippen molar-refractivity contribution in [3.63, 3.8) is 0 Å². The third-order valence-corrected chi connectivity index (χ3v) is 5.14. The molecule has 6 nitrogen and oxygen atoms in total. The first kappa shape index (κ1) is 18.6. The molecule has 2 heterocycles. The lowest BCUT2D eigenvalue weighted by atomic mass is 10.0. The van der Waals surface area contributed by atoms with Crippen molar-refractivity contribution in [2.45, 2.75) is 12.6 Å². The first-order chi connectivity index (χ1) is 13.6. The molecule has 0 amide bonds. The Hall–Kier alpha value is -2.71. The van der Waals surface area contributed by atoms with Crippen LogP contribution >= 0.6 is 0 Å². The zero-order valence-electron chi connectivity index (χ0n) is 15.7. The van der Waals surface area contributed by atoms with Crippen LogP contribution in [0, 0.1) is 11.6 Å². The zero-order valence-corrected chi connectivity index (χ0v) is 15.7. The van der Waals surface area contributed by atoms with Crippen molar-refractivity contribution in [3.8, 4) is 0 Å². The van der Waals surface area contributed by atoms with Gasteiger partial charge in [-0.05, 0) is 52.9 Å². The van der Waals surface area contributed by atoms with Gasteiger partial charge in [0.2, 0.25) is 0 Å². The topological polar surface area (TPSA) is 50.1 Å². The lowest BCUT2D eigenvalue weighted by Crippen LogP contribution is -2.46. The molecule has 0 N–H and O–H groups in total. The maximum atomic E-state index is 13.5. The van der Waals surface area contributed by atoms with E-state index >= 15 is 0 Å². The third kappa shape index (κ3) is 4.07. The normalized spacial score (nSPS) is 17.0. The molecule has 1 aliphatic heterocycles. The van der Waals surface area contributed by atoms with Crippen molar-refractivity contribution in [2.75, 3.05) is 33.2 Å². The predicted molar refractivity (Wildman–Crippen MR) is 101 cm³/mol. The Morgan fingerprint density at radius 3 is 2.14 bits per heavy atom. The molecule has 28 heavy (non-hydrogen) atoms. The standard InChI is InChI=1S/C20H22F2N6/c1-26-10-12-27(13-11-26)19(16-4-8-18(22)9-5-16)20-23-24-25-28(20)14-15-2-6-17(21)7-3-15/h2-9,19H,10-14H2,1H3. The molecule has 1 saturated heterocycles. The molecule has 0 spiro atoms. The Kier molecular flexibility index (Phi) is 5.40. The molecule has 1 fully saturated rings. The molecule has 4 rings (SSSR count). The van der Waals surface area contributed by atoms with Crippen LogP contribution in [0.2, 0.25) is 0 Å². The number of rotatable bonds is 5. The fraction of sp³-hybridized carbons (Fsp3) is 0.350. The highest BCUT2D eigenvalue weighted by atomic mass is 19.1. The summed E-state index contributed by atoms with van der Waals surface area (Å²) < 4.78 is 28.4. The maximum Gasteiger partial charge on any atom is 0.173 e. The second-order valence-electron chi connectivity index (χ2n) is 7.11. The third-order valence-electron chi connectivity index (χ3n) is 5.14. The number of piperazine rings is 1. The highest BCUT2D eigenvalue weighted by Crippen LogP contribution is 2.28. The Labute approximate surface area is 162 Å². The Balaban J connectivity index is 1.67. The fourth-order valence-corrected chi connectivity index (χ4v) is 3.53. The number of benzene rings is 2. The summed E-state index contributed by atoms with van der Waals surface area (Å²) in [6.07, 6.45) is 0. The van der Waals surface area contributed by atoms with Gasteiger partial charge < -0.3 is 4.90 Å². The molecule has 1 atom stereocenters. The second-order valence-corrected chi connectivity index (χ2v) is 7.11. The van der Waals surface area contributed by atoms with Crippen molar-refractivity contribution in [1.82, 2.24) is 30.0 Å². The van der Waals surface area contributed by atoms with Crippen LogP contribution in [0.15, 0.2) is 48.5 Å². The second kappa shape index (κ2) is 8.12. The number of tetrazole rings is 1. The van der Waals surface area contributed by atoms with Gasteiger partial charge in [-0.15, -0.1) is 5.10 Å². The maximum absolute atomic E-state index is 13.5. The first-order valence-electron chi connectivity index (χ1n) is 9.29. The van der Waals surface area contributed by atoms with E-state index in [0.29, 0.717) is 12.4 Å². The Morgan fingerprint density at radius 1 is 0.893 bits per heavy atom. The van der Waals surface area contributed by atoms with Gasteiger partial charge in [-0.25, -0.2) is 13.5 Å². The van der Waals surface area contributed by atoms with E-state index in [4.69, 9.17) is 0 Å². The van der Waals surface area contributed by atoms with Crippen molar-refractivity contribution in [3.05, 3.63) is 77.1 Å². The van der Waals surface area contributed by atoms with Crippen molar-refractivity contribution in [2.24, 2.45) is 0 Å². The van der Waals surface area contributed by atoms with Crippen LogP contribution in [-0.4, -0.2) is 63.2 Å². The lowest BCUT2D eigenvalue weighted by Gasteiger charge is -2.37. The minimum absolute atomic E-state index is 0.176. The SMILES string of the molecule is CN1CCN(C(c2ccc(F)cc2)c2nnnn2Cc2ccc(F)cc2)CC1. The van der Waals surface area contributed by atoms with Gasteiger partial charge in [-0.3, -0.25) is 4.90 Å². The summed E-state index contributed by atoms with van der Waals surface area (Å²) in [5.41, 5.74) is 1.85. The van der Waals surface area contributed by atoms with Crippen molar-refractivity contribution < 1.29 is 8.78 Å². The van der Waals surface area contributed by atoms with Crippen LogP contribution in [-0.2, 0) is 6.54 Å². The quantitative estimate of drug-likeness (QED) is 0.676. The minimum atomic E-state index is -0.276. The number of aromatic nitrogens is 4. The molecule has 3 aromatic rings. The van der Waals surface area contributed by atoms with Gasteiger partial charge in [-0.2, -0.15) is 0 Å².